The van der Waals surface area contributed by atoms with Crippen LogP contribution < -0.4 is 0 Å². The first-order valence-electron chi connectivity index (χ1n) is 8.20. The van der Waals surface area contributed by atoms with Gasteiger partial charge in [-0.25, -0.2) is 0 Å². The lowest BCUT2D eigenvalue weighted by atomic mass is 10.0. The van der Waals surface area contributed by atoms with E-state index in [4.69, 9.17) is 4.79 Å². The third-order valence-electron chi connectivity index (χ3n) is 3.46. The highest BCUT2D eigenvalue weighted by molar-refractivity contribution is 5.10. The molecule has 18 heavy (non-hydrogen) atoms. The second kappa shape index (κ2) is 21.9. The molecule has 0 aliphatic rings. The Morgan fingerprint density at radius 2 is 0.611 bits per heavy atom. The smallest absolute Gasteiger partial charge is 0.106 e. The maximum atomic E-state index is 8.00. The van der Waals surface area contributed by atoms with Crippen molar-refractivity contribution in [3.8, 4) is 0 Å². The molecule has 0 bridgehead atoms. The Morgan fingerprint density at radius 3 is 0.778 bits per heavy atom. The van der Waals surface area contributed by atoms with Crippen LogP contribution in [0.2, 0.25) is 0 Å². The molecule has 0 aromatic carbocycles. The van der Waals surface area contributed by atoms with E-state index >= 15 is 0 Å². The van der Waals surface area contributed by atoms with Crippen molar-refractivity contribution < 1.29 is 4.79 Å². The molecule has 0 heterocycles. The van der Waals surface area contributed by atoms with E-state index in [0.717, 1.165) is 0 Å². The van der Waals surface area contributed by atoms with Gasteiger partial charge in [-0.1, -0.05) is 104 Å². The molecule has 0 aromatic rings. The molecule has 0 N–H and O–H groups in total. The molecule has 1 heteroatoms. The molecular weight excluding hydrogens is 220 g/mol. The lowest BCUT2D eigenvalue weighted by Gasteiger charge is -2.02. The van der Waals surface area contributed by atoms with Gasteiger partial charge in [0, 0.05) is 0 Å². The molecule has 0 unspecified atom stereocenters. The molecular formula is C17H36O. The van der Waals surface area contributed by atoms with Crippen LogP contribution in [-0.2, 0) is 4.79 Å². The first kappa shape index (κ1) is 20.0. The second-order valence-electron chi connectivity index (χ2n) is 5.24. The van der Waals surface area contributed by atoms with E-state index in [2.05, 4.69) is 13.8 Å². The molecule has 0 radical (unpaired) electrons. The minimum atomic E-state index is 1.37. The Morgan fingerprint density at radius 1 is 0.444 bits per heavy atom. The Labute approximate surface area is 116 Å². The number of carbonyl (C=O) groups is 1. The van der Waals surface area contributed by atoms with Gasteiger partial charge in [-0.15, -0.1) is 0 Å². The zero-order valence-electron chi connectivity index (χ0n) is 13.0. The van der Waals surface area contributed by atoms with Gasteiger partial charge in [0.1, 0.15) is 6.79 Å². The molecule has 0 spiro atoms. The van der Waals surface area contributed by atoms with Gasteiger partial charge in [-0.2, -0.15) is 0 Å². The summed E-state index contributed by atoms with van der Waals surface area (Å²) < 4.78 is 0. The molecule has 0 aromatic heterocycles. The summed E-state index contributed by atoms with van der Waals surface area (Å²) in [6.07, 6.45) is 20.4. The average Bonchev–Trinajstić information content (AvgIpc) is 2.42. The fraction of sp³-hybridized carbons (Fsp3) is 0.941. The van der Waals surface area contributed by atoms with Crippen LogP contribution >= 0.6 is 0 Å². The van der Waals surface area contributed by atoms with Crippen LogP contribution in [-0.4, -0.2) is 6.79 Å². The van der Waals surface area contributed by atoms with Crippen LogP contribution in [0.3, 0.4) is 0 Å². The number of hydrogen-bond donors (Lipinski definition) is 0. The highest BCUT2D eigenvalue weighted by Gasteiger charge is 1.92. The Balaban J connectivity index is 0. The molecule has 0 saturated carbocycles. The predicted molar refractivity (Wildman–Crippen MR) is 83.1 cm³/mol. The van der Waals surface area contributed by atoms with E-state index in [0.29, 0.717) is 0 Å². The highest BCUT2D eigenvalue weighted by atomic mass is 16.1. The molecule has 0 aliphatic carbocycles. The molecule has 0 aliphatic heterocycles. The van der Waals surface area contributed by atoms with Crippen LogP contribution in [0, 0.1) is 0 Å². The van der Waals surface area contributed by atoms with Crippen LogP contribution in [0.25, 0.3) is 0 Å². The predicted octanol–water partition coefficient (Wildman–Crippen LogP) is 6.30. The maximum Gasteiger partial charge on any atom is 0.106 e. The number of rotatable bonds is 13. The summed E-state index contributed by atoms with van der Waals surface area (Å²) in [4.78, 5) is 8.00. The van der Waals surface area contributed by atoms with Crippen LogP contribution in [0.4, 0.5) is 0 Å². The summed E-state index contributed by atoms with van der Waals surface area (Å²) in [6, 6.07) is 0. The average molecular weight is 256 g/mol. The van der Waals surface area contributed by atoms with E-state index in [1.165, 1.54) is 89.9 Å². The van der Waals surface area contributed by atoms with Gasteiger partial charge in [-0.3, -0.25) is 0 Å². The largest absolute Gasteiger partial charge is 0.307 e. The summed E-state index contributed by atoms with van der Waals surface area (Å²) in [6.45, 7) is 6.58. The molecule has 0 rings (SSSR count). The summed E-state index contributed by atoms with van der Waals surface area (Å²) >= 11 is 0. The van der Waals surface area contributed by atoms with E-state index in [9.17, 15) is 0 Å². The lowest BCUT2D eigenvalue weighted by Crippen LogP contribution is -1.82. The molecule has 0 atom stereocenters. The number of unbranched alkanes of at least 4 members (excludes halogenated alkanes) is 13. The third-order valence-corrected chi connectivity index (χ3v) is 3.46. The van der Waals surface area contributed by atoms with Crippen molar-refractivity contribution in [2.45, 2.75) is 104 Å². The van der Waals surface area contributed by atoms with Gasteiger partial charge in [0.15, 0.2) is 0 Å². The summed E-state index contributed by atoms with van der Waals surface area (Å²) in [7, 11) is 0. The van der Waals surface area contributed by atoms with Crippen molar-refractivity contribution in [3.05, 3.63) is 0 Å². The van der Waals surface area contributed by atoms with Crippen molar-refractivity contribution in [2.24, 2.45) is 0 Å². The van der Waals surface area contributed by atoms with E-state index in [1.54, 1.807) is 0 Å². The van der Waals surface area contributed by atoms with Crippen LogP contribution in [0.1, 0.15) is 104 Å². The van der Waals surface area contributed by atoms with Crippen molar-refractivity contribution >= 4 is 6.79 Å². The van der Waals surface area contributed by atoms with Crippen molar-refractivity contribution in [1.82, 2.24) is 0 Å². The number of carbonyl (C=O) groups excluding carboxylic acids is 1. The summed E-state index contributed by atoms with van der Waals surface area (Å²) in [5.41, 5.74) is 0. The van der Waals surface area contributed by atoms with Crippen molar-refractivity contribution in [2.75, 3.05) is 0 Å². The van der Waals surface area contributed by atoms with Gasteiger partial charge in [-0.05, 0) is 0 Å². The van der Waals surface area contributed by atoms with Gasteiger partial charge in [0.2, 0.25) is 0 Å². The van der Waals surface area contributed by atoms with E-state index in [-0.39, 0.29) is 0 Å². The van der Waals surface area contributed by atoms with Gasteiger partial charge in [0.05, 0.1) is 0 Å². The van der Waals surface area contributed by atoms with Crippen LogP contribution in [0.15, 0.2) is 0 Å². The Bertz CT molecular complexity index is 109. The fourth-order valence-corrected chi connectivity index (χ4v) is 2.27. The van der Waals surface area contributed by atoms with Crippen molar-refractivity contribution in [1.29, 1.82) is 0 Å². The summed E-state index contributed by atoms with van der Waals surface area (Å²) in [5.74, 6) is 0. The van der Waals surface area contributed by atoms with E-state index < -0.39 is 0 Å². The summed E-state index contributed by atoms with van der Waals surface area (Å²) in [5, 5.41) is 0. The Kier molecular flexibility index (Phi) is 24.3. The first-order chi connectivity index (χ1) is 8.91. The zero-order chi connectivity index (χ0) is 13.9. The minimum Gasteiger partial charge on any atom is -0.307 e. The lowest BCUT2D eigenvalue weighted by molar-refractivity contribution is -0.0979. The van der Waals surface area contributed by atoms with Gasteiger partial charge in [0.25, 0.3) is 0 Å². The van der Waals surface area contributed by atoms with E-state index in [1.807, 2.05) is 6.79 Å². The third kappa shape index (κ3) is 21.0. The second-order valence-corrected chi connectivity index (χ2v) is 5.24. The van der Waals surface area contributed by atoms with Gasteiger partial charge >= 0.3 is 0 Å². The number of hydrogen-bond acceptors (Lipinski definition) is 1. The molecule has 0 fully saturated rings. The highest BCUT2D eigenvalue weighted by Crippen LogP contribution is 2.12. The molecule has 110 valence electrons. The topological polar surface area (TPSA) is 17.1 Å². The Hall–Kier alpha value is -0.330. The first-order valence-corrected chi connectivity index (χ1v) is 8.20. The monoisotopic (exact) mass is 256 g/mol. The molecule has 0 saturated heterocycles. The SMILES string of the molecule is C=O.CCCCCCCCCCCCCCCC. The quantitative estimate of drug-likeness (QED) is 0.353. The van der Waals surface area contributed by atoms with Crippen molar-refractivity contribution in [3.63, 3.8) is 0 Å². The minimum absolute atomic E-state index is 1.37. The van der Waals surface area contributed by atoms with Crippen LogP contribution in [0.5, 0.6) is 0 Å². The normalized spacial score (nSPS) is 9.89. The van der Waals surface area contributed by atoms with Gasteiger partial charge < -0.3 is 4.79 Å². The molecule has 1 nitrogen and oxygen atoms in total. The standard InChI is InChI=1S/C16H34.CH2O/c1-3-5-7-9-11-13-15-16-14-12-10-8-6-4-2;1-2/h3-16H2,1-2H3;1H2. The zero-order valence-corrected chi connectivity index (χ0v) is 13.0. The molecule has 0 amide bonds. The maximum absolute atomic E-state index is 8.00. The fourth-order valence-electron chi connectivity index (χ4n) is 2.27.